The highest BCUT2D eigenvalue weighted by atomic mass is 79.9. The highest BCUT2D eigenvalue weighted by Gasteiger charge is 2.35. The van der Waals surface area contributed by atoms with E-state index in [0.29, 0.717) is 18.5 Å². The molecule has 1 unspecified atom stereocenters. The molecular formula is C13H20Br2N2O. The molecule has 1 aliphatic rings. The van der Waals surface area contributed by atoms with Crippen molar-refractivity contribution in [2.75, 3.05) is 13.1 Å². The number of hydrogen-bond donors (Lipinski definition) is 1. The van der Waals surface area contributed by atoms with Crippen molar-refractivity contribution in [3.05, 3.63) is 21.0 Å². The van der Waals surface area contributed by atoms with Gasteiger partial charge in [0, 0.05) is 19.1 Å². The van der Waals surface area contributed by atoms with Gasteiger partial charge in [-0.2, -0.15) is 0 Å². The van der Waals surface area contributed by atoms with Gasteiger partial charge in [-0.15, -0.1) is 0 Å². The zero-order chi connectivity index (χ0) is 13.3. The van der Waals surface area contributed by atoms with Crippen LogP contribution in [0.4, 0.5) is 0 Å². The second-order valence-corrected chi connectivity index (χ2v) is 6.92. The molecule has 1 atom stereocenters. The lowest BCUT2D eigenvalue weighted by molar-refractivity contribution is 0.150. The molecule has 1 fully saturated rings. The highest BCUT2D eigenvalue weighted by Crippen LogP contribution is 2.37. The maximum atomic E-state index is 5.97. The smallest absolute Gasteiger partial charge is 0.183 e. The zero-order valence-electron chi connectivity index (χ0n) is 10.8. The third kappa shape index (κ3) is 3.38. The Morgan fingerprint density at radius 2 is 2.11 bits per heavy atom. The molecular weight excluding hydrogens is 360 g/mol. The first kappa shape index (κ1) is 14.6. The Labute approximate surface area is 125 Å². The maximum absolute atomic E-state index is 5.97. The SMILES string of the molecule is CC(C)CN(C1CC1)C(CN)c1cc(Br)c(Br)o1. The van der Waals surface area contributed by atoms with Crippen LogP contribution in [0.25, 0.3) is 0 Å². The third-order valence-corrected chi connectivity index (χ3v) is 4.92. The van der Waals surface area contributed by atoms with E-state index in [9.17, 15) is 0 Å². The average Bonchev–Trinajstić information content (AvgIpc) is 3.06. The largest absolute Gasteiger partial charge is 0.451 e. The van der Waals surface area contributed by atoms with E-state index in [2.05, 4.69) is 50.6 Å². The number of nitrogens with two attached hydrogens (primary N) is 1. The van der Waals surface area contributed by atoms with Gasteiger partial charge in [-0.3, -0.25) is 4.90 Å². The molecule has 2 N–H and O–H groups in total. The van der Waals surface area contributed by atoms with Crippen LogP contribution in [0.15, 0.2) is 19.6 Å². The molecule has 1 aromatic rings. The molecule has 1 saturated carbocycles. The van der Waals surface area contributed by atoms with Crippen LogP contribution < -0.4 is 5.73 Å². The van der Waals surface area contributed by atoms with E-state index in [0.717, 1.165) is 21.4 Å². The first-order valence-electron chi connectivity index (χ1n) is 6.43. The Balaban J connectivity index is 2.19. The molecule has 2 rings (SSSR count). The van der Waals surface area contributed by atoms with Gasteiger partial charge >= 0.3 is 0 Å². The molecule has 0 saturated heterocycles. The summed E-state index contributed by atoms with van der Waals surface area (Å²) in [5.41, 5.74) is 5.97. The molecule has 1 aliphatic carbocycles. The summed E-state index contributed by atoms with van der Waals surface area (Å²) >= 11 is 6.86. The van der Waals surface area contributed by atoms with E-state index in [1.807, 2.05) is 6.07 Å². The molecule has 0 aromatic carbocycles. The zero-order valence-corrected chi connectivity index (χ0v) is 14.0. The van der Waals surface area contributed by atoms with Crippen LogP contribution in [0.5, 0.6) is 0 Å². The van der Waals surface area contributed by atoms with E-state index < -0.39 is 0 Å². The monoisotopic (exact) mass is 378 g/mol. The van der Waals surface area contributed by atoms with E-state index >= 15 is 0 Å². The average molecular weight is 380 g/mol. The normalized spacial score (nSPS) is 17.7. The van der Waals surface area contributed by atoms with Crippen LogP contribution in [0, 0.1) is 5.92 Å². The Bertz CT molecular complexity index is 382. The Kier molecular flexibility index (Phi) is 4.92. The summed E-state index contributed by atoms with van der Waals surface area (Å²) in [5, 5.41) is 0. The number of halogens is 2. The van der Waals surface area contributed by atoms with E-state index in [1.54, 1.807) is 0 Å². The summed E-state index contributed by atoms with van der Waals surface area (Å²) in [6.45, 7) is 6.16. The van der Waals surface area contributed by atoms with Gasteiger partial charge in [-0.25, -0.2) is 0 Å². The molecule has 0 aliphatic heterocycles. The summed E-state index contributed by atoms with van der Waals surface area (Å²) < 4.78 is 7.46. The van der Waals surface area contributed by atoms with Gasteiger partial charge in [-0.1, -0.05) is 13.8 Å². The fraction of sp³-hybridized carbons (Fsp3) is 0.692. The summed E-state index contributed by atoms with van der Waals surface area (Å²) in [4.78, 5) is 2.50. The van der Waals surface area contributed by atoms with Crippen molar-refractivity contribution in [1.82, 2.24) is 4.90 Å². The van der Waals surface area contributed by atoms with Crippen LogP contribution in [0.3, 0.4) is 0 Å². The summed E-state index contributed by atoms with van der Waals surface area (Å²) in [5.74, 6) is 1.59. The second kappa shape index (κ2) is 6.07. The number of furan rings is 1. The van der Waals surface area contributed by atoms with E-state index in [-0.39, 0.29) is 6.04 Å². The van der Waals surface area contributed by atoms with Crippen molar-refractivity contribution >= 4 is 31.9 Å². The lowest BCUT2D eigenvalue weighted by Gasteiger charge is -2.31. The predicted octanol–water partition coefficient (Wildman–Crippen LogP) is 3.92. The number of hydrogen-bond acceptors (Lipinski definition) is 3. The quantitative estimate of drug-likeness (QED) is 0.814. The number of rotatable bonds is 6. The van der Waals surface area contributed by atoms with Crippen molar-refractivity contribution in [3.63, 3.8) is 0 Å². The topological polar surface area (TPSA) is 42.4 Å². The van der Waals surface area contributed by atoms with Gasteiger partial charge < -0.3 is 10.2 Å². The van der Waals surface area contributed by atoms with Gasteiger partial charge in [0.25, 0.3) is 0 Å². The minimum absolute atomic E-state index is 0.183. The van der Waals surface area contributed by atoms with Crippen LogP contribution in [-0.2, 0) is 0 Å². The lowest BCUT2D eigenvalue weighted by Crippen LogP contribution is -2.37. The summed E-state index contributed by atoms with van der Waals surface area (Å²) in [6.07, 6.45) is 2.57. The molecule has 5 heteroatoms. The number of nitrogens with zero attached hydrogens (tertiary/aromatic N) is 1. The van der Waals surface area contributed by atoms with Crippen molar-refractivity contribution < 1.29 is 4.42 Å². The Morgan fingerprint density at radius 3 is 2.50 bits per heavy atom. The van der Waals surface area contributed by atoms with Crippen molar-refractivity contribution in [1.29, 1.82) is 0 Å². The van der Waals surface area contributed by atoms with Crippen molar-refractivity contribution in [2.45, 2.75) is 38.8 Å². The third-order valence-electron chi connectivity index (χ3n) is 3.21. The minimum Gasteiger partial charge on any atom is -0.451 e. The molecule has 0 amide bonds. The van der Waals surface area contributed by atoms with E-state index in [4.69, 9.17) is 10.2 Å². The molecule has 18 heavy (non-hydrogen) atoms. The Morgan fingerprint density at radius 1 is 1.44 bits per heavy atom. The van der Waals surface area contributed by atoms with Crippen molar-refractivity contribution in [2.24, 2.45) is 11.7 Å². The molecule has 0 bridgehead atoms. The van der Waals surface area contributed by atoms with Crippen LogP contribution >= 0.6 is 31.9 Å². The van der Waals surface area contributed by atoms with Gasteiger partial charge in [0.05, 0.1) is 10.5 Å². The summed E-state index contributed by atoms with van der Waals surface area (Å²) in [7, 11) is 0. The highest BCUT2D eigenvalue weighted by molar-refractivity contribution is 9.13. The van der Waals surface area contributed by atoms with Crippen LogP contribution in [0.2, 0.25) is 0 Å². The predicted molar refractivity (Wildman–Crippen MR) is 80.5 cm³/mol. The summed E-state index contributed by atoms with van der Waals surface area (Å²) in [6, 6.07) is 2.89. The van der Waals surface area contributed by atoms with Gasteiger partial charge in [-0.05, 0) is 56.7 Å². The molecule has 102 valence electrons. The lowest BCUT2D eigenvalue weighted by atomic mass is 10.1. The second-order valence-electron chi connectivity index (χ2n) is 5.34. The van der Waals surface area contributed by atoms with Gasteiger partial charge in [0.1, 0.15) is 5.76 Å². The molecule has 1 heterocycles. The maximum Gasteiger partial charge on any atom is 0.183 e. The van der Waals surface area contributed by atoms with Crippen molar-refractivity contribution in [3.8, 4) is 0 Å². The van der Waals surface area contributed by atoms with Crippen LogP contribution in [0.1, 0.15) is 38.5 Å². The van der Waals surface area contributed by atoms with Gasteiger partial charge in [0.15, 0.2) is 4.67 Å². The molecule has 1 aromatic heterocycles. The fourth-order valence-corrected chi connectivity index (χ4v) is 2.91. The Hall–Kier alpha value is 0.160. The first-order chi connectivity index (χ1) is 8.52. The first-order valence-corrected chi connectivity index (χ1v) is 8.02. The van der Waals surface area contributed by atoms with E-state index in [1.165, 1.54) is 12.8 Å². The van der Waals surface area contributed by atoms with Gasteiger partial charge in [0.2, 0.25) is 0 Å². The molecule has 0 radical (unpaired) electrons. The fourth-order valence-electron chi connectivity index (χ4n) is 2.30. The standard InChI is InChI=1S/C13H20Br2N2O/c1-8(2)7-17(9-3-4-9)11(6-16)12-5-10(14)13(15)18-12/h5,8-9,11H,3-4,6-7,16H2,1-2H3. The molecule has 0 spiro atoms. The van der Waals surface area contributed by atoms with Crippen LogP contribution in [-0.4, -0.2) is 24.0 Å². The minimum atomic E-state index is 0.183. The molecule has 3 nitrogen and oxygen atoms in total.